The van der Waals surface area contributed by atoms with Gasteiger partial charge in [-0.05, 0) is 25.0 Å². The lowest BCUT2D eigenvalue weighted by Crippen LogP contribution is -2.01. The number of hydrogen-bond donors (Lipinski definition) is 0. The van der Waals surface area contributed by atoms with Crippen molar-refractivity contribution in [1.29, 1.82) is 0 Å². The first-order valence-electron chi connectivity index (χ1n) is 6.23. The molecule has 1 aromatic rings. The van der Waals surface area contributed by atoms with Crippen molar-refractivity contribution in [2.24, 2.45) is 0 Å². The van der Waals surface area contributed by atoms with Gasteiger partial charge < -0.3 is 4.74 Å². The van der Waals surface area contributed by atoms with E-state index in [2.05, 4.69) is 15.9 Å². The number of alkyl halides is 1. The molecule has 0 aromatic heterocycles. The molecule has 0 atom stereocenters. The Bertz CT molecular complexity index is 436. The van der Waals surface area contributed by atoms with E-state index >= 15 is 0 Å². The fourth-order valence-electron chi connectivity index (χ4n) is 1.77. The van der Waals surface area contributed by atoms with Gasteiger partial charge in [-0.15, -0.1) is 0 Å². The molecular formula is C14H17BrCl2O2. The Morgan fingerprint density at radius 1 is 1.16 bits per heavy atom. The lowest BCUT2D eigenvalue weighted by molar-refractivity contribution is 0.0979. The van der Waals surface area contributed by atoms with Crippen molar-refractivity contribution in [1.82, 2.24) is 0 Å². The Labute approximate surface area is 132 Å². The van der Waals surface area contributed by atoms with Crippen LogP contribution in [0.5, 0.6) is 5.75 Å². The predicted octanol–water partition coefficient (Wildman–Crippen LogP) is 5.53. The van der Waals surface area contributed by atoms with E-state index < -0.39 is 0 Å². The van der Waals surface area contributed by atoms with Crippen LogP contribution in [0.3, 0.4) is 0 Å². The molecule has 0 spiro atoms. The van der Waals surface area contributed by atoms with Crippen molar-refractivity contribution in [2.45, 2.75) is 32.1 Å². The van der Waals surface area contributed by atoms with Gasteiger partial charge in [-0.25, -0.2) is 0 Å². The number of carbonyl (C=O) groups excluding carboxylic acids is 1. The second-order valence-electron chi connectivity index (χ2n) is 4.22. The van der Waals surface area contributed by atoms with Gasteiger partial charge in [0.05, 0.1) is 12.1 Å². The van der Waals surface area contributed by atoms with E-state index in [1.54, 1.807) is 12.1 Å². The molecule has 0 saturated heterocycles. The molecule has 1 rings (SSSR count). The molecule has 0 N–H and O–H groups in total. The minimum absolute atomic E-state index is 0.0356. The molecule has 0 saturated carbocycles. The van der Waals surface area contributed by atoms with Crippen LogP contribution in [0.2, 0.25) is 10.0 Å². The molecule has 0 bridgehead atoms. The average Bonchev–Trinajstić information content (AvgIpc) is 2.41. The molecular weight excluding hydrogens is 351 g/mol. The molecule has 5 heteroatoms. The summed E-state index contributed by atoms with van der Waals surface area (Å²) in [4.78, 5) is 12.1. The Balaban J connectivity index is 2.60. The first-order valence-corrected chi connectivity index (χ1v) is 8.10. The first kappa shape index (κ1) is 16.8. The van der Waals surface area contributed by atoms with Gasteiger partial charge in [0.1, 0.15) is 10.8 Å². The second kappa shape index (κ2) is 8.83. The zero-order valence-electron chi connectivity index (χ0n) is 10.8. The van der Waals surface area contributed by atoms with Crippen LogP contribution in [0.25, 0.3) is 0 Å². The quantitative estimate of drug-likeness (QED) is 0.343. The molecule has 106 valence electrons. The summed E-state index contributed by atoms with van der Waals surface area (Å²) < 4.78 is 5.05. The minimum Gasteiger partial charge on any atom is -0.495 e. The number of ketones is 1. The van der Waals surface area contributed by atoms with Crippen LogP contribution in [-0.4, -0.2) is 18.2 Å². The summed E-state index contributed by atoms with van der Waals surface area (Å²) in [6.07, 6.45) is 4.72. The summed E-state index contributed by atoms with van der Waals surface area (Å²) in [6, 6.07) is 3.35. The van der Waals surface area contributed by atoms with E-state index in [-0.39, 0.29) is 10.8 Å². The molecule has 1 aromatic carbocycles. The van der Waals surface area contributed by atoms with Crippen LogP contribution in [0.15, 0.2) is 12.1 Å². The van der Waals surface area contributed by atoms with Gasteiger partial charge in [-0.2, -0.15) is 0 Å². The predicted molar refractivity (Wildman–Crippen MR) is 84.2 cm³/mol. The first-order chi connectivity index (χ1) is 9.11. The summed E-state index contributed by atoms with van der Waals surface area (Å²) in [7, 11) is 1.52. The third-order valence-electron chi connectivity index (χ3n) is 2.85. The van der Waals surface area contributed by atoms with Gasteiger partial charge in [0.15, 0.2) is 5.78 Å². The molecule has 0 aliphatic heterocycles. The highest BCUT2D eigenvalue weighted by atomic mass is 79.9. The fraction of sp³-hybridized carbons (Fsp3) is 0.500. The number of rotatable bonds is 8. The topological polar surface area (TPSA) is 26.3 Å². The smallest absolute Gasteiger partial charge is 0.164 e. The normalized spacial score (nSPS) is 10.5. The minimum atomic E-state index is 0.0356. The number of unbranched alkanes of at least 4 members (excludes halogenated alkanes) is 3. The Kier molecular flexibility index (Phi) is 7.81. The Hall–Kier alpha value is -0.250. The molecule has 0 aliphatic carbocycles. The van der Waals surface area contributed by atoms with E-state index in [1.807, 2.05) is 0 Å². The zero-order chi connectivity index (χ0) is 14.3. The van der Waals surface area contributed by atoms with Gasteiger partial charge >= 0.3 is 0 Å². The summed E-state index contributed by atoms with van der Waals surface area (Å²) in [6.45, 7) is 0. The van der Waals surface area contributed by atoms with Gasteiger partial charge in [-0.1, -0.05) is 52.0 Å². The van der Waals surface area contributed by atoms with E-state index in [9.17, 15) is 4.79 Å². The summed E-state index contributed by atoms with van der Waals surface area (Å²) >= 11 is 15.5. The number of hydrogen-bond acceptors (Lipinski definition) is 2. The van der Waals surface area contributed by atoms with Crippen molar-refractivity contribution in [3.8, 4) is 5.75 Å². The third-order valence-corrected chi connectivity index (χ3v) is 4.28. The Morgan fingerprint density at radius 3 is 2.47 bits per heavy atom. The van der Waals surface area contributed by atoms with Crippen molar-refractivity contribution in [3.63, 3.8) is 0 Å². The number of benzene rings is 1. The monoisotopic (exact) mass is 366 g/mol. The van der Waals surface area contributed by atoms with Crippen LogP contribution >= 0.6 is 39.1 Å². The Morgan fingerprint density at radius 2 is 1.84 bits per heavy atom. The number of carbonyl (C=O) groups is 1. The lowest BCUT2D eigenvalue weighted by atomic mass is 10.0. The zero-order valence-corrected chi connectivity index (χ0v) is 13.9. The molecule has 0 radical (unpaired) electrons. The molecule has 0 aliphatic rings. The molecule has 19 heavy (non-hydrogen) atoms. The third kappa shape index (κ3) is 4.97. The second-order valence-corrected chi connectivity index (χ2v) is 5.77. The lowest BCUT2D eigenvalue weighted by Gasteiger charge is -2.08. The number of ether oxygens (including phenoxy) is 1. The average molecular weight is 368 g/mol. The number of methoxy groups -OCH3 is 1. The van der Waals surface area contributed by atoms with E-state index in [4.69, 9.17) is 27.9 Å². The van der Waals surface area contributed by atoms with Crippen molar-refractivity contribution in [3.05, 3.63) is 27.7 Å². The van der Waals surface area contributed by atoms with Gasteiger partial charge in [-0.3, -0.25) is 4.79 Å². The van der Waals surface area contributed by atoms with Crippen LogP contribution in [0, 0.1) is 0 Å². The largest absolute Gasteiger partial charge is 0.495 e. The molecule has 0 fully saturated rings. The van der Waals surface area contributed by atoms with Crippen LogP contribution < -0.4 is 4.74 Å². The van der Waals surface area contributed by atoms with Crippen LogP contribution in [0.1, 0.15) is 42.5 Å². The van der Waals surface area contributed by atoms with Crippen LogP contribution in [-0.2, 0) is 0 Å². The van der Waals surface area contributed by atoms with Crippen LogP contribution in [0.4, 0.5) is 0 Å². The highest BCUT2D eigenvalue weighted by Crippen LogP contribution is 2.35. The highest BCUT2D eigenvalue weighted by Gasteiger charge is 2.15. The van der Waals surface area contributed by atoms with Gasteiger partial charge in [0.25, 0.3) is 0 Å². The molecule has 0 unspecified atom stereocenters. The molecule has 0 heterocycles. The van der Waals surface area contributed by atoms with E-state index in [0.717, 1.165) is 31.0 Å². The van der Waals surface area contributed by atoms with Crippen molar-refractivity contribution in [2.75, 3.05) is 12.4 Å². The maximum Gasteiger partial charge on any atom is 0.164 e. The fourth-order valence-corrected chi connectivity index (χ4v) is 2.67. The number of halogens is 3. The van der Waals surface area contributed by atoms with Crippen molar-refractivity contribution < 1.29 is 9.53 Å². The van der Waals surface area contributed by atoms with Gasteiger partial charge in [0.2, 0.25) is 0 Å². The SMILES string of the molecule is COc1ccc(C(=O)CCCCCCBr)c(Cl)c1Cl. The van der Waals surface area contributed by atoms with Gasteiger partial charge in [0, 0.05) is 17.3 Å². The number of Topliss-reactive ketones (excluding diaryl/α,β-unsaturated/α-hetero) is 1. The summed E-state index contributed by atoms with van der Waals surface area (Å²) in [5.74, 6) is 0.522. The standard InChI is InChI=1S/C14H17BrCl2O2/c1-19-12-8-7-10(13(16)14(12)17)11(18)6-4-2-3-5-9-15/h7-8H,2-6,9H2,1H3. The maximum atomic E-state index is 12.1. The highest BCUT2D eigenvalue weighted by molar-refractivity contribution is 9.09. The molecule has 0 amide bonds. The molecule has 2 nitrogen and oxygen atoms in total. The van der Waals surface area contributed by atoms with E-state index in [0.29, 0.717) is 22.8 Å². The summed E-state index contributed by atoms with van der Waals surface area (Å²) in [5, 5.41) is 1.60. The maximum absolute atomic E-state index is 12.1. The summed E-state index contributed by atoms with van der Waals surface area (Å²) in [5.41, 5.74) is 0.480. The van der Waals surface area contributed by atoms with Crippen molar-refractivity contribution >= 4 is 44.9 Å². The van der Waals surface area contributed by atoms with E-state index in [1.165, 1.54) is 7.11 Å².